The zero-order chi connectivity index (χ0) is 12.8. The second-order valence-corrected chi connectivity index (χ2v) is 3.57. The van der Waals surface area contributed by atoms with Crippen LogP contribution in [0.1, 0.15) is 23.2 Å². The number of nitrogens with two attached hydrogens (primary N) is 2. The molecule has 0 aromatic heterocycles. The van der Waals surface area contributed by atoms with Crippen LogP contribution >= 0.6 is 0 Å². The monoisotopic (exact) mass is 237 g/mol. The van der Waals surface area contributed by atoms with Gasteiger partial charge in [0.05, 0.1) is 16.9 Å². The number of para-hydroxylation sites is 1. The quantitative estimate of drug-likeness (QED) is 0.427. The summed E-state index contributed by atoms with van der Waals surface area (Å²) >= 11 is 0. The summed E-state index contributed by atoms with van der Waals surface area (Å²) in [5.74, 6) is -1.43. The molecule has 0 aliphatic rings. The zero-order valence-corrected chi connectivity index (χ0v) is 9.27. The van der Waals surface area contributed by atoms with Gasteiger partial charge in [0.15, 0.2) is 0 Å². The number of primary amides is 1. The molecule has 0 saturated heterocycles. The molecule has 0 fully saturated rings. The predicted octanol–water partition coefficient (Wildman–Crippen LogP) is 0.644. The summed E-state index contributed by atoms with van der Waals surface area (Å²) in [5, 5.41) is 11.8. The molecule has 1 aromatic rings. The molecule has 6 nitrogen and oxygen atoms in total. The zero-order valence-electron chi connectivity index (χ0n) is 9.27. The van der Waals surface area contributed by atoms with Gasteiger partial charge in [0.1, 0.15) is 0 Å². The Labute approximate surface area is 98.6 Å². The lowest BCUT2D eigenvalue weighted by atomic mass is 10.1. The SMILES string of the molecule is NC(=O)CCCNc1cccc(C(=O)O)c1N. The van der Waals surface area contributed by atoms with Crippen molar-refractivity contribution in [2.24, 2.45) is 5.73 Å². The van der Waals surface area contributed by atoms with Crippen LogP contribution in [0.25, 0.3) is 0 Å². The summed E-state index contributed by atoms with van der Waals surface area (Å²) in [6, 6.07) is 4.73. The molecule has 0 radical (unpaired) electrons. The summed E-state index contributed by atoms with van der Waals surface area (Å²) in [7, 11) is 0. The van der Waals surface area contributed by atoms with Crippen LogP contribution in [0.15, 0.2) is 18.2 Å². The molecule has 0 unspecified atom stereocenters. The first-order valence-corrected chi connectivity index (χ1v) is 5.16. The largest absolute Gasteiger partial charge is 0.478 e. The number of nitrogen functional groups attached to an aromatic ring is 1. The third kappa shape index (κ3) is 3.67. The molecule has 0 aliphatic carbocycles. The number of carbonyl (C=O) groups excluding carboxylic acids is 1. The number of hydrogen-bond acceptors (Lipinski definition) is 4. The van der Waals surface area contributed by atoms with Crippen molar-refractivity contribution in [3.05, 3.63) is 23.8 Å². The van der Waals surface area contributed by atoms with Crippen LogP contribution in [0.4, 0.5) is 11.4 Å². The van der Waals surface area contributed by atoms with Gasteiger partial charge in [-0.25, -0.2) is 4.79 Å². The van der Waals surface area contributed by atoms with E-state index in [0.717, 1.165) is 0 Å². The number of amides is 1. The highest BCUT2D eigenvalue weighted by Gasteiger charge is 2.10. The molecule has 0 saturated carbocycles. The number of hydrogen-bond donors (Lipinski definition) is 4. The maximum absolute atomic E-state index is 10.8. The lowest BCUT2D eigenvalue weighted by Gasteiger charge is -2.10. The number of nitrogens with one attached hydrogen (secondary N) is 1. The Morgan fingerprint density at radius 3 is 2.65 bits per heavy atom. The van der Waals surface area contributed by atoms with Crippen LogP contribution in [0.3, 0.4) is 0 Å². The Morgan fingerprint density at radius 1 is 1.35 bits per heavy atom. The van der Waals surface area contributed by atoms with Gasteiger partial charge in [-0.15, -0.1) is 0 Å². The molecule has 6 heteroatoms. The van der Waals surface area contributed by atoms with Crippen molar-refractivity contribution in [1.82, 2.24) is 0 Å². The maximum atomic E-state index is 10.8. The van der Waals surface area contributed by atoms with Crippen molar-refractivity contribution in [3.63, 3.8) is 0 Å². The Hall–Kier alpha value is -2.24. The van der Waals surface area contributed by atoms with Crippen LogP contribution in [0, 0.1) is 0 Å². The summed E-state index contributed by atoms with van der Waals surface area (Å²) < 4.78 is 0. The van der Waals surface area contributed by atoms with Gasteiger partial charge < -0.3 is 21.9 Å². The fourth-order valence-corrected chi connectivity index (χ4v) is 1.39. The van der Waals surface area contributed by atoms with E-state index in [9.17, 15) is 9.59 Å². The molecule has 0 aliphatic heterocycles. The number of benzene rings is 1. The number of carboxylic acids is 1. The fourth-order valence-electron chi connectivity index (χ4n) is 1.39. The van der Waals surface area contributed by atoms with Gasteiger partial charge in [-0.05, 0) is 18.6 Å². The van der Waals surface area contributed by atoms with E-state index in [0.29, 0.717) is 18.7 Å². The van der Waals surface area contributed by atoms with Crippen molar-refractivity contribution < 1.29 is 14.7 Å². The van der Waals surface area contributed by atoms with Crippen LogP contribution in [-0.2, 0) is 4.79 Å². The average molecular weight is 237 g/mol. The molecule has 1 amide bonds. The standard InChI is InChI=1S/C11H15N3O3/c12-9(15)5-2-6-14-8-4-1-3-7(10(8)13)11(16)17/h1,3-4,14H,2,5-6,13H2,(H2,12,15)(H,16,17). The molecule has 0 bridgehead atoms. The molecule has 1 rings (SSSR count). The minimum atomic E-state index is -1.07. The third-order valence-corrected chi connectivity index (χ3v) is 2.25. The van der Waals surface area contributed by atoms with Crippen LogP contribution < -0.4 is 16.8 Å². The van der Waals surface area contributed by atoms with Crippen molar-refractivity contribution in [3.8, 4) is 0 Å². The first-order chi connectivity index (χ1) is 8.02. The van der Waals surface area contributed by atoms with E-state index in [-0.39, 0.29) is 23.6 Å². The fraction of sp³-hybridized carbons (Fsp3) is 0.273. The van der Waals surface area contributed by atoms with E-state index >= 15 is 0 Å². The summed E-state index contributed by atoms with van der Waals surface area (Å²) in [6.07, 6.45) is 0.859. The first-order valence-electron chi connectivity index (χ1n) is 5.16. The van der Waals surface area contributed by atoms with Gasteiger partial charge >= 0.3 is 5.97 Å². The lowest BCUT2D eigenvalue weighted by Crippen LogP contribution is -2.13. The van der Waals surface area contributed by atoms with E-state index < -0.39 is 5.97 Å². The van der Waals surface area contributed by atoms with Gasteiger partial charge in [-0.1, -0.05) is 6.07 Å². The van der Waals surface area contributed by atoms with Crippen molar-refractivity contribution in [2.45, 2.75) is 12.8 Å². The van der Waals surface area contributed by atoms with Gasteiger partial charge in [0.2, 0.25) is 5.91 Å². The number of carboxylic acid groups (broad SMARTS) is 1. The molecular formula is C11H15N3O3. The molecule has 1 aromatic carbocycles. The van der Waals surface area contributed by atoms with Crippen LogP contribution in [0.5, 0.6) is 0 Å². The van der Waals surface area contributed by atoms with Crippen molar-refractivity contribution in [2.75, 3.05) is 17.6 Å². The highest BCUT2D eigenvalue weighted by molar-refractivity contribution is 5.97. The minimum absolute atomic E-state index is 0.0601. The van der Waals surface area contributed by atoms with E-state index in [1.807, 2.05) is 0 Å². The Morgan fingerprint density at radius 2 is 2.06 bits per heavy atom. The minimum Gasteiger partial charge on any atom is -0.478 e. The molecule has 0 spiro atoms. The number of carbonyl (C=O) groups is 2. The highest BCUT2D eigenvalue weighted by Crippen LogP contribution is 2.22. The Bertz CT molecular complexity index is 432. The van der Waals surface area contributed by atoms with Gasteiger partial charge in [-0.2, -0.15) is 0 Å². The lowest BCUT2D eigenvalue weighted by molar-refractivity contribution is -0.118. The van der Waals surface area contributed by atoms with Crippen LogP contribution in [-0.4, -0.2) is 23.5 Å². The molecule has 0 heterocycles. The summed E-state index contributed by atoms with van der Waals surface area (Å²) in [6.45, 7) is 0.510. The van der Waals surface area contributed by atoms with Crippen molar-refractivity contribution in [1.29, 1.82) is 0 Å². The third-order valence-electron chi connectivity index (χ3n) is 2.25. The molecule has 6 N–H and O–H groups in total. The predicted molar refractivity (Wildman–Crippen MR) is 64.7 cm³/mol. The summed E-state index contributed by atoms with van der Waals surface area (Å²) in [4.78, 5) is 21.3. The van der Waals surface area contributed by atoms with E-state index in [1.165, 1.54) is 6.07 Å². The molecular weight excluding hydrogens is 222 g/mol. The molecule has 17 heavy (non-hydrogen) atoms. The van der Waals surface area contributed by atoms with E-state index in [4.69, 9.17) is 16.6 Å². The molecule has 0 atom stereocenters. The van der Waals surface area contributed by atoms with Gasteiger partial charge in [0, 0.05) is 13.0 Å². The average Bonchev–Trinajstić information content (AvgIpc) is 2.25. The number of aromatic carboxylic acids is 1. The topological polar surface area (TPSA) is 118 Å². The van der Waals surface area contributed by atoms with Gasteiger partial charge in [-0.3, -0.25) is 4.79 Å². The maximum Gasteiger partial charge on any atom is 0.337 e. The Kier molecular flexibility index (Phi) is 4.33. The normalized spacial score (nSPS) is 9.88. The van der Waals surface area contributed by atoms with E-state index in [2.05, 4.69) is 5.32 Å². The second-order valence-electron chi connectivity index (χ2n) is 3.57. The Balaban J connectivity index is 2.62. The van der Waals surface area contributed by atoms with E-state index in [1.54, 1.807) is 12.1 Å². The molecule has 92 valence electrons. The highest BCUT2D eigenvalue weighted by atomic mass is 16.4. The number of anilines is 2. The smallest absolute Gasteiger partial charge is 0.337 e. The van der Waals surface area contributed by atoms with Crippen molar-refractivity contribution >= 4 is 23.3 Å². The number of rotatable bonds is 6. The van der Waals surface area contributed by atoms with Gasteiger partial charge in [0.25, 0.3) is 0 Å². The first kappa shape index (κ1) is 12.8. The van der Waals surface area contributed by atoms with Crippen LogP contribution in [0.2, 0.25) is 0 Å². The second kappa shape index (κ2) is 5.74. The summed E-state index contributed by atoms with van der Waals surface area (Å²) in [5.41, 5.74) is 11.5.